The largest absolute Gasteiger partial charge is 0.381 e. The van der Waals surface area contributed by atoms with Gasteiger partial charge in [-0.15, -0.1) is 0 Å². The fraction of sp³-hybridized carbons (Fsp3) is 0.769. The zero-order valence-corrected chi connectivity index (χ0v) is 12.5. The average Bonchev–Trinajstić information content (AvgIpc) is 2.48. The molecule has 0 saturated carbocycles. The average molecular weight is 280 g/mol. The van der Waals surface area contributed by atoms with Gasteiger partial charge in [-0.1, -0.05) is 0 Å². The van der Waals surface area contributed by atoms with Gasteiger partial charge in [0.2, 0.25) is 17.8 Å². The van der Waals surface area contributed by atoms with Gasteiger partial charge in [0.05, 0.1) is 0 Å². The van der Waals surface area contributed by atoms with E-state index >= 15 is 0 Å². The minimum atomic E-state index is 0.274. The number of hydrogen-bond donors (Lipinski definition) is 1. The standard InChI is InChI=1S/C13H24N6O/c1-4-19(5-2)13-16-11(14)15-12(17-13)18(3)10-6-8-20-9-7-10/h10H,4-9H2,1-3H3,(H2,14,15,16,17). The molecule has 2 rings (SSSR count). The summed E-state index contributed by atoms with van der Waals surface area (Å²) in [7, 11) is 2.01. The monoisotopic (exact) mass is 280 g/mol. The molecule has 1 fully saturated rings. The highest BCUT2D eigenvalue weighted by Gasteiger charge is 2.22. The molecule has 20 heavy (non-hydrogen) atoms. The van der Waals surface area contributed by atoms with Gasteiger partial charge in [-0.2, -0.15) is 15.0 Å². The first-order valence-corrected chi connectivity index (χ1v) is 7.22. The lowest BCUT2D eigenvalue weighted by atomic mass is 10.1. The molecule has 1 aromatic rings. The summed E-state index contributed by atoms with van der Waals surface area (Å²) in [6.45, 7) is 7.42. The second-order valence-electron chi connectivity index (χ2n) is 4.92. The molecule has 2 heterocycles. The van der Waals surface area contributed by atoms with Gasteiger partial charge in [-0.05, 0) is 26.7 Å². The Morgan fingerprint density at radius 1 is 1.10 bits per heavy atom. The van der Waals surface area contributed by atoms with E-state index in [1.165, 1.54) is 0 Å². The molecule has 0 spiro atoms. The number of anilines is 3. The Kier molecular flexibility index (Phi) is 4.94. The van der Waals surface area contributed by atoms with Crippen LogP contribution in [0.15, 0.2) is 0 Å². The molecule has 0 aromatic carbocycles. The topological polar surface area (TPSA) is 80.4 Å². The molecule has 1 aliphatic rings. The molecule has 2 N–H and O–H groups in total. The van der Waals surface area contributed by atoms with E-state index in [4.69, 9.17) is 10.5 Å². The third-order valence-electron chi connectivity index (χ3n) is 3.73. The van der Waals surface area contributed by atoms with Gasteiger partial charge in [-0.3, -0.25) is 0 Å². The fourth-order valence-corrected chi connectivity index (χ4v) is 2.41. The molecule has 0 unspecified atom stereocenters. The van der Waals surface area contributed by atoms with Crippen molar-refractivity contribution in [3.05, 3.63) is 0 Å². The third kappa shape index (κ3) is 3.27. The first kappa shape index (κ1) is 14.8. The van der Waals surface area contributed by atoms with Gasteiger partial charge in [0, 0.05) is 39.4 Å². The normalized spacial score (nSPS) is 16.1. The van der Waals surface area contributed by atoms with Crippen molar-refractivity contribution in [2.75, 3.05) is 48.9 Å². The van der Waals surface area contributed by atoms with Crippen LogP contribution in [0, 0.1) is 0 Å². The Morgan fingerprint density at radius 3 is 2.30 bits per heavy atom. The van der Waals surface area contributed by atoms with Crippen molar-refractivity contribution in [2.24, 2.45) is 0 Å². The maximum atomic E-state index is 5.83. The molecule has 0 atom stereocenters. The molecule has 0 aliphatic carbocycles. The summed E-state index contributed by atoms with van der Waals surface area (Å²) in [5, 5.41) is 0. The zero-order valence-electron chi connectivity index (χ0n) is 12.5. The van der Waals surface area contributed by atoms with E-state index in [9.17, 15) is 0 Å². The van der Waals surface area contributed by atoms with Crippen LogP contribution in [0.5, 0.6) is 0 Å². The van der Waals surface area contributed by atoms with Gasteiger partial charge in [0.15, 0.2) is 0 Å². The molecule has 1 saturated heterocycles. The third-order valence-corrected chi connectivity index (χ3v) is 3.73. The van der Waals surface area contributed by atoms with E-state index in [1.54, 1.807) is 0 Å². The number of nitrogens with zero attached hydrogens (tertiary/aromatic N) is 5. The van der Waals surface area contributed by atoms with Gasteiger partial charge < -0.3 is 20.3 Å². The number of hydrogen-bond acceptors (Lipinski definition) is 7. The first-order chi connectivity index (χ1) is 9.65. The van der Waals surface area contributed by atoms with Crippen molar-refractivity contribution in [1.29, 1.82) is 0 Å². The summed E-state index contributed by atoms with van der Waals surface area (Å²) in [6, 6.07) is 0.398. The smallest absolute Gasteiger partial charge is 0.231 e. The second kappa shape index (κ2) is 6.69. The van der Waals surface area contributed by atoms with Gasteiger partial charge in [0.1, 0.15) is 0 Å². The maximum Gasteiger partial charge on any atom is 0.231 e. The van der Waals surface area contributed by atoms with Crippen molar-refractivity contribution < 1.29 is 4.74 Å². The van der Waals surface area contributed by atoms with Crippen LogP contribution in [0.2, 0.25) is 0 Å². The highest BCUT2D eigenvalue weighted by molar-refractivity contribution is 5.43. The summed E-state index contributed by atoms with van der Waals surface area (Å²) in [6.07, 6.45) is 1.98. The van der Waals surface area contributed by atoms with Gasteiger partial charge in [0.25, 0.3) is 0 Å². The van der Waals surface area contributed by atoms with Crippen molar-refractivity contribution in [2.45, 2.75) is 32.7 Å². The van der Waals surface area contributed by atoms with E-state index in [0.29, 0.717) is 17.9 Å². The highest BCUT2D eigenvalue weighted by Crippen LogP contribution is 2.20. The van der Waals surface area contributed by atoms with Crippen LogP contribution in [0.3, 0.4) is 0 Å². The Labute approximate surface area is 120 Å². The van der Waals surface area contributed by atoms with Crippen LogP contribution in [-0.2, 0) is 4.74 Å². The van der Waals surface area contributed by atoms with Crippen LogP contribution in [0.1, 0.15) is 26.7 Å². The molecule has 7 heteroatoms. The van der Waals surface area contributed by atoms with E-state index in [0.717, 1.165) is 39.1 Å². The van der Waals surface area contributed by atoms with Crippen LogP contribution >= 0.6 is 0 Å². The lowest BCUT2D eigenvalue weighted by Crippen LogP contribution is -2.38. The number of rotatable bonds is 5. The molecule has 0 amide bonds. The molecule has 7 nitrogen and oxygen atoms in total. The van der Waals surface area contributed by atoms with E-state index < -0.39 is 0 Å². The molecule has 1 aromatic heterocycles. The number of ether oxygens (including phenoxy) is 1. The van der Waals surface area contributed by atoms with E-state index in [2.05, 4.69) is 38.6 Å². The Balaban J connectivity index is 2.22. The molecular formula is C13H24N6O. The Morgan fingerprint density at radius 2 is 1.70 bits per heavy atom. The number of nitrogens with two attached hydrogens (primary N) is 1. The lowest BCUT2D eigenvalue weighted by Gasteiger charge is -2.31. The maximum absolute atomic E-state index is 5.83. The Hall–Kier alpha value is -1.63. The van der Waals surface area contributed by atoms with Crippen molar-refractivity contribution in [1.82, 2.24) is 15.0 Å². The van der Waals surface area contributed by atoms with Crippen LogP contribution in [0.4, 0.5) is 17.8 Å². The quantitative estimate of drug-likeness (QED) is 0.858. The minimum Gasteiger partial charge on any atom is -0.381 e. The van der Waals surface area contributed by atoms with Crippen LogP contribution in [0.25, 0.3) is 0 Å². The second-order valence-corrected chi connectivity index (χ2v) is 4.92. The summed E-state index contributed by atoms with van der Waals surface area (Å²) in [4.78, 5) is 17.2. The fourth-order valence-electron chi connectivity index (χ4n) is 2.41. The van der Waals surface area contributed by atoms with Crippen LogP contribution < -0.4 is 15.5 Å². The molecule has 0 radical (unpaired) electrons. The zero-order chi connectivity index (χ0) is 14.5. The van der Waals surface area contributed by atoms with E-state index in [1.807, 2.05) is 7.05 Å². The summed E-state index contributed by atoms with van der Waals surface area (Å²) < 4.78 is 5.39. The summed E-state index contributed by atoms with van der Waals surface area (Å²) in [5.41, 5.74) is 5.83. The van der Waals surface area contributed by atoms with E-state index in [-0.39, 0.29) is 5.95 Å². The molecule has 1 aliphatic heterocycles. The van der Waals surface area contributed by atoms with Crippen molar-refractivity contribution in [3.63, 3.8) is 0 Å². The van der Waals surface area contributed by atoms with Crippen molar-refractivity contribution in [3.8, 4) is 0 Å². The van der Waals surface area contributed by atoms with Crippen LogP contribution in [-0.4, -0.2) is 54.3 Å². The molecule has 0 bridgehead atoms. The van der Waals surface area contributed by atoms with Gasteiger partial charge >= 0.3 is 0 Å². The first-order valence-electron chi connectivity index (χ1n) is 7.22. The Bertz CT molecular complexity index is 431. The molecular weight excluding hydrogens is 256 g/mol. The lowest BCUT2D eigenvalue weighted by molar-refractivity contribution is 0.0852. The summed E-state index contributed by atoms with van der Waals surface area (Å²) >= 11 is 0. The van der Waals surface area contributed by atoms with Crippen molar-refractivity contribution >= 4 is 17.8 Å². The predicted molar refractivity (Wildman–Crippen MR) is 80.0 cm³/mol. The number of nitrogen functional groups attached to an aromatic ring is 1. The van der Waals surface area contributed by atoms with Gasteiger partial charge in [-0.25, -0.2) is 0 Å². The predicted octanol–water partition coefficient (Wildman–Crippen LogP) is 0.915. The molecule has 112 valence electrons. The highest BCUT2D eigenvalue weighted by atomic mass is 16.5. The SMILES string of the molecule is CCN(CC)c1nc(N)nc(N(C)C2CCOCC2)n1. The minimum absolute atomic E-state index is 0.274. The summed E-state index contributed by atoms with van der Waals surface area (Å²) in [5.74, 6) is 1.57. The number of aromatic nitrogens is 3.